The number of Topliss-reactive ketones (excluding diaryl/α,β-unsaturated/α-hetero) is 1. The van der Waals surface area contributed by atoms with Crippen LogP contribution in [0.2, 0.25) is 0 Å². The van der Waals surface area contributed by atoms with E-state index in [9.17, 15) is 9.90 Å². The molecule has 1 aromatic rings. The number of carbonyl (C=O) groups is 1. The standard InChI is InChI=1S/C27H36O2/c1-25-14-15-27(29,16-19-6-4-3-5-7-19)18-21(25)8-9-22-20(17-25)12-13-26(2)23(22)10-11-24(26)28/h3-8,20,22-23,29H,9-18H2,1-2H3. The number of ketones is 1. The Kier molecular flexibility index (Phi) is 4.59. The van der Waals surface area contributed by atoms with Crippen molar-refractivity contribution in [2.45, 2.75) is 83.7 Å². The van der Waals surface area contributed by atoms with Crippen LogP contribution in [0.25, 0.3) is 0 Å². The van der Waals surface area contributed by atoms with Gasteiger partial charge in [-0.25, -0.2) is 0 Å². The van der Waals surface area contributed by atoms with Crippen LogP contribution in [0.15, 0.2) is 42.0 Å². The summed E-state index contributed by atoms with van der Waals surface area (Å²) in [6, 6.07) is 10.5. The second-order valence-corrected chi connectivity index (χ2v) is 11.2. The highest BCUT2D eigenvalue weighted by Gasteiger charge is 2.55. The lowest BCUT2D eigenvalue weighted by atomic mass is 9.56. The van der Waals surface area contributed by atoms with E-state index >= 15 is 0 Å². The van der Waals surface area contributed by atoms with Crippen molar-refractivity contribution in [2.75, 3.05) is 0 Å². The molecule has 29 heavy (non-hydrogen) atoms. The van der Waals surface area contributed by atoms with Crippen molar-refractivity contribution < 1.29 is 9.90 Å². The van der Waals surface area contributed by atoms with E-state index in [1.54, 1.807) is 0 Å². The number of allylic oxidation sites excluding steroid dienone is 1. The maximum Gasteiger partial charge on any atom is 0.139 e. The van der Waals surface area contributed by atoms with Crippen LogP contribution < -0.4 is 0 Å². The molecule has 1 N–H and O–H groups in total. The molecular formula is C27H36O2. The molecule has 0 radical (unpaired) electrons. The molecule has 3 saturated carbocycles. The lowest BCUT2D eigenvalue weighted by molar-refractivity contribution is -0.130. The fourth-order valence-electron chi connectivity index (χ4n) is 7.61. The van der Waals surface area contributed by atoms with Crippen LogP contribution in [0, 0.1) is 28.6 Å². The van der Waals surface area contributed by atoms with Gasteiger partial charge in [0.2, 0.25) is 0 Å². The fraction of sp³-hybridized carbons (Fsp3) is 0.667. The fourth-order valence-corrected chi connectivity index (χ4v) is 7.61. The third-order valence-electron chi connectivity index (χ3n) is 9.46. The first-order chi connectivity index (χ1) is 13.8. The monoisotopic (exact) mass is 392 g/mol. The van der Waals surface area contributed by atoms with Crippen LogP contribution in [-0.2, 0) is 11.2 Å². The van der Waals surface area contributed by atoms with Gasteiger partial charge in [-0.1, -0.05) is 55.8 Å². The molecule has 0 aliphatic heterocycles. The first-order valence-electron chi connectivity index (χ1n) is 11.8. The van der Waals surface area contributed by atoms with Crippen LogP contribution in [0.4, 0.5) is 0 Å². The molecule has 2 heteroatoms. The maximum absolute atomic E-state index is 12.6. The second-order valence-electron chi connectivity index (χ2n) is 11.2. The van der Waals surface area contributed by atoms with E-state index < -0.39 is 5.60 Å². The normalized spacial score (nSPS) is 44.3. The second kappa shape index (κ2) is 6.80. The van der Waals surface area contributed by atoms with Gasteiger partial charge in [0.25, 0.3) is 0 Å². The van der Waals surface area contributed by atoms with E-state index in [0.29, 0.717) is 17.6 Å². The predicted molar refractivity (Wildman–Crippen MR) is 116 cm³/mol. The van der Waals surface area contributed by atoms with Gasteiger partial charge in [-0.3, -0.25) is 4.79 Å². The zero-order valence-corrected chi connectivity index (χ0v) is 18.1. The average Bonchev–Trinajstić information content (AvgIpc) is 2.91. The molecule has 0 bridgehead atoms. The summed E-state index contributed by atoms with van der Waals surface area (Å²) >= 11 is 0. The van der Waals surface area contributed by atoms with E-state index in [4.69, 9.17) is 0 Å². The summed E-state index contributed by atoms with van der Waals surface area (Å²) < 4.78 is 0. The van der Waals surface area contributed by atoms with Gasteiger partial charge in [-0.05, 0) is 80.1 Å². The molecule has 0 aromatic heterocycles. The first kappa shape index (κ1) is 19.5. The van der Waals surface area contributed by atoms with Crippen molar-refractivity contribution in [3.05, 3.63) is 47.5 Å². The van der Waals surface area contributed by atoms with Crippen molar-refractivity contribution in [1.82, 2.24) is 0 Å². The topological polar surface area (TPSA) is 37.3 Å². The molecule has 4 aliphatic rings. The van der Waals surface area contributed by atoms with Crippen molar-refractivity contribution >= 4 is 5.78 Å². The van der Waals surface area contributed by atoms with Crippen molar-refractivity contribution in [3.63, 3.8) is 0 Å². The quantitative estimate of drug-likeness (QED) is 0.638. The summed E-state index contributed by atoms with van der Waals surface area (Å²) in [5.74, 6) is 2.52. The van der Waals surface area contributed by atoms with E-state index in [1.165, 1.54) is 24.0 Å². The van der Waals surface area contributed by atoms with E-state index in [0.717, 1.165) is 57.3 Å². The van der Waals surface area contributed by atoms with E-state index in [2.05, 4.69) is 44.2 Å². The third-order valence-corrected chi connectivity index (χ3v) is 9.46. The Morgan fingerprint density at radius 1 is 1.07 bits per heavy atom. The molecular weight excluding hydrogens is 356 g/mol. The molecule has 156 valence electrons. The Morgan fingerprint density at radius 2 is 1.86 bits per heavy atom. The summed E-state index contributed by atoms with van der Waals surface area (Å²) in [5.41, 5.74) is 2.31. The molecule has 6 atom stereocenters. The SMILES string of the molecule is CC12CCC(O)(Cc3ccccc3)CC1=CCC1C(CCC3(C)C(=O)CCC13)C2. The highest BCUT2D eigenvalue weighted by atomic mass is 16.3. The summed E-state index contributed by atoms with van der Waals surface area (Å²) in [6.45, 7) is 4.71. The van der Waals surface area contributed by atoms with Gasteiger partial charge < -0.3 is 5.11 Å². The minimum atomic E-state index is -0.611. The predicted octanol–water partition coefficient (Wildman–Crippen LogP) is 5.88. The molecule has 6 unspecified atom stereocenters. The number of hydrogen-bond acceptors (Lipinski definition) is 2. The lowest BCUT2D eigenvalue weighted by Crippen LogP contribution is -2.44. The Hall–Kier alpha value is -1.41. The van der Waals surface area contributed by atoms with Gasteiger partial charge in [0, 0.05) is 18.3 Å². The number of rotatable bonds is 2. The molecule has 0 amide bonds. The van der Waals surface area contributed by atoms with Gasteiger partial charge in [0.05, 0.1) is 5.60 Å². The summed E-state index contributed by atoms with van der Waals surface area (Å²) in [4.78, 5) is 12.6. The van der Waals surface area contributed by atoms with E-state index in [1.807, 2.05) is 6.07 Å². The number of fused-ring (bicyclic) bond motifs is 4. The number of hydrogen-bond donors (Lipinski definition) is 1. The van der Waals surface area contributed by atoms with Crippen LogP contribution in [0.3, 0.4) is 0 Å². The van der Waals surface area contributed by atoms with Crippen LogP contribution in [0.5, 0.6) is 0 Å². The Morgan fingerprint density at radius 3 is 2.66 bits per heavy atom. The lowest BCUT2D eigenvalue weighted by Gasteiger charge is -2.48. The summed E-state index contributed by atoms with van der Waals surface area (Å²) in [5, 5.41) is 11.5. The van der Waals surface area contributed by atoms with Crippen molar-refractivity contribution in [2.24, 2.45) is 28.6 Å². The largest absolute Gasteiger partial charge is 0.389 e. The Labute approximate surface area is 175 Å². The number of carbonyl (C=O) groups excluding carboxylic acids is 1. The first-order valence-corrected chi connectivity index (χ1v) is 11.8. The van der Waals surface area contributed by atoms with Crippen LogP contribution in [0.1, 0.15) is 77.2 Å². The van der Waals surface area contributed by atoms with Gasteiger partial charge in [-0.15, -0.1) is 0 Å². The van der Waals surface area contributed by atoms with Gasteiger partial charge in [0.1, 0.15) is 5.78 Å². The summed E-state index contributed by atoms with van der Waals surface area (Å²) in [7, 11) is 0. The zero-order valence-electron chi connectivity index (χ0n) is 18.1. The highest BCUT2D eigenvalue weighted by Crippen LogP contribution is 2.60. The van der Waals surface area contributed by atoms with Gasteiger partial charge in [-0.2, -0.15) is 0 Å². The van der Waals surface area contributed by atoms with Crippen molar-refractivity contribution in [1.29, 1.82) is 0 Å². The minimum Gasteiger partial charge on any atom is -0.389 e. The third kappa shape index (κ3) is 3.23. The molecule has 0 spiro atoms. The zero-order chi connectivity index (χ0) is 20.3. The smallest absolute Gasteiger partial charge is 0.139 e. The van der Waals surface area contributed by atoms with E-state index in [-0.39, 0.29) is 10.8 Å². The van der Waals surface area contributed by atoms with Gasteiger partial charge in [0.15, 0.2) is 0 Å². The Balaban J connectivity index is 1.39. The highest BCUT2D eigenvalue weighted by molar-refractivity contribution is 5.87. The number of benzene rings is 1. The van der Waals surface area contributed by atoms with Crippen LogP contribution >= 0.6 is 0 Å². The molecule has 1 aromatic carbocycles. The number of aliphatic hydroxyl groups is 1. The molecule has 0 heterocycles. The molecule has 3 fully saturated rings. The summed E-state index contributed by atoms with van der Waals surface area (Å²) in [6.07, 6.45) is 12.7. The molecule has 5 rings (SSSR count). The maximum atomic E-state index is 12.6. The average molecular weight is 393 g/mol. The van der Waals surface area contributed by atoms with Crippen molar-refractivity contribution in [3.8, 4) is 0 Å². The minimum absolute atomic E-state index is 0.0515. The molecule has 0 saturated heterocycles. The Bertz CT molecular complexity index is 826. The van der Waals surface area contributed by atoms with Crippen LogP contribution in [-0.4, -0.2) is 16.5 Å². The molecule has 4 aliphatic carbocycles. The molecule has 2 nitrogen and oxygen atoms in total. The van der Waals surface area contributed by atoms with Gasteiger partial charge >= 0.3 is 0 Å².